The first-order chi connectivity index (χ1) is 12.8. The topological polar surface area (TPSA) is 33.6 Å². The van der Waals surface area contributed by atoms with Gasteiger partial charge in [-0.05, 0) is 69.1 Å². The number of halogens is 2. The molecule has 3 nitrogen and oxygen atoms in total. The van der Waals surface area contributed by atoms with Crippen LogP contribution < -0.4 is 5.32 Å². The predicted molar refractivity (Wildman–Crippen MR) is 116 cm³/mol. The van der Waals surface area contributed by atoms with E-state index < -0.39 is 0 Å². The maximum Gasteiger partial charge on any atom is 0.142 e. The molecule has 0 saturated heterocycles. The van der Waals surface area contributed by atoms with Gasteiger partial charge in [-0.2, -0.15) is 0 Å². The molecule has 0 aliphatic carbocycles. The first kappa shape index (κ1) is 21.7. The Morgan fingerprint density at radius 3 is 2.44 bits per heavy atom. The van der Waals surface area contributed by atoms with Crippen LogP contribution in [-0.4, -0.2) is 12.8 Å². The molecule has 1 atom stereocenters. The van der Waals surface area contributed by atoms with Crippen molar-refractivity contribution in [1.29, 1.82) is 0 Å². The molecule has 146 valence electrons. The Morgan fingerprint density at radius 1 is 1.19 bits per heavy atom. The summed E-state index contributed by atoms with van der Waals surface area (Å²) in [5.41, 5.74) is 5.11. The Hall–Kier alpha value is -1.55. The monoisotopic (exact) mass is 406 g/mol. The van der Waals surface area contributed by atoms with E-state index in [1.165, 1.54) is 16.7 Å². The van der Waals surface area contributed by atoms with Crippen LogP contribution in [0.25, 0.3) is 0 Å². The molecule has 1 N–H and O–H groups in total. The molecule has 1 unspecified atom stereocenters. The molecule has 0 aliphatic rings. The van der Waals surface area contributed by atoms with Gasteiger partial charge in [-0.1, -0.05) is 59.9 Å². The number of nitrogens with one attached hydrogen (secondary N) is 1. The number of hydrogen-bond donors (Lipinski definition) is 1. The highest BCUT2D eigenvalue weighted by molar-refractivity contribution is 6.35. The zero-order chi connectivity index (χ0) is 20.0. The van der Waals surface area contributed by atoms with Crippen LogP contribution in [0, 0.1) is 6.92 Å². The second kappa shape index (κ2) is 9.59. The van der Waals surface area contributed by atoms with Gasteiger partial charge in [0.1, 0.15) is 6.61 Å². The molecule has 0 saturated carbocycles. The van der Waals surface area contributed by atoms with E-state index in [4.69, 9.17) is 28.0 Å². The Kier molecular flexibility index (Phi) is 7.72. The van der Waals surface area contributed by atoms with E-state index in [9.17, 15) is 0 Å². The van der Waals surface area contributed by atoms with Crippen LogP contribution in [0.4, 0.5) is 0 Å². The molecule has 0 radical (unpaired) electrons. The van der Waals surface area contributed by atoms with E-state index in [1.54, 1.807) is 6.07 Å². The van der Waals surface area contributed by atoms with E-state index in [-0.39, 0.29) is 5.54 Å². The van der Waals surface area contributed by atoms with Gasteiger partial charge in [0, 0.05) is 21.1 Å². The summed E-state index contributed by atoms with van der Waals surface area (Å²) in [6.07, 6.45) is 2.14. The molecule has 0 bridgehead atoms. The molecule has 0 amide bonds. The van der Waals surface area contributed by atoms with E-state index >= 15 is 0 Å². The van der Waals surface area contributed by atoms with Crippen molar-refractivity contribution < 1.29 is 4.84 Å². The van der Waals surface area contributed by atoms with Gasteiger partial charge in [-0.3, -0.25) is 0 Å². The Morgan fingerprint density at radius 2 is 1.85 bits per heavy atom. The van der Waals surface area contributed by atoms with Crippen LogP contribution >= 0.6 is 23.2 Å². The molecule has 5 heteroatoms. The lowest BCUT2D eigenvalue weighted by Crippen LogP contribution is -2.37. The van der Waals surface area contributed by atoms with Crippen LogP contribution in [-0.2, 0) is 17.0 Å². The molecule has 2 aromatic carbocycles. The van der Waals surface area contributed by atoms with Gasteiger partial charge in [-0.15, -0.1) is 0 Å². The van der Waals surface area contributed by atoms with Crippen LogP contribution in [0.5, 0.6) is 0 Å². The number of hydrogen-bond acceptors (Lipinski definition) is 3. The molecule has 0 heterocycles. The number of rotatable bonds is 8. The Labute approximate surface area is 172 Å². The van der Waals surface area contributed by atoms with Crippen LogP contribution in [0.1, 0.15) is 55.9 Å². The number of nitrogens with zero attached hydrogens (tertiary/aromatic N) is 1. The van der Waals surface area contributed by atoms with Crippen molar-refractivity contribution in [2.75, 3.05) is 7.05 Å². The van der Waals surface area contributed by atoms with E-state index in [0.29, 0.717) is 16.7 Å². The number of oxime groups is 1. The summed E-state index contributed by atoms with van der Waals surface area (Å²) in [4.78, 5) is 5.73. The lowest BCUT2D eigenvalue weighted by Gasteiger charge is -2.32. The second-order valence-corrected chi connectivity index (χ2v) is 7.91. The maximum absolute atomic E-state index is 6.07. The molecular weight excluding hydrogens is 379 g/mol. The lowest BCUT2D eigenvalue weighted by atomic mass is 9.83. The highest BCUT2D eigenvalue weighted by Crippen LogP contribution is 2.31. The SMILES string of the molecule is CCCC(C)(NC)c1cccc(C)c1CO/N=C(\C)c1cc(Cl)cc(Cl)c1. The fourth-order valence-electron chi connectivity index (χ4n) is 3.31. The van der Waals surface area contributed by atoms with Crippen molar-refractivity contribution in [2.24, 2.45) is 5.16 Å². The summed E-state index contributed by atoms with van der Waals surface area (Å²) in [6.45, 7) is 8.84. The molecule has 0 aliphatic heterocycles. The molecule has 0 spiro atoms. The predicted octanol–water partition coefficient (Wildman–Crippen LogP) is 6.48. The van der Waals surface area contributed by atoms with Gasteiger partial charge in [0.25, 0.3) is 0 Å². The molecule has 0 aromatic heterocycles. The van der Waals surface area contributed by atoms with Gasteiger partial charge in [-0.25, -0.2) is 0 Å². The highest BCUT2D eigenvalue weighted by atomic mass is 35.5. The summed E-state index contributed by atoms with van der Waals surface area (Å²) in [5, 5.41) is 8.93. The summed E-state index contributed by atoms with van der Waals surface area (Å²) in [7, 11) is 2.01. The smallest absolute Gasteiger partial charge is 0.142 e. The van der Waals surface area contributed by atoms with Gasteiger partial charge in [0.15, 0.2) is 0 Å². The molecule has 27 heavy (non-hydrogen) atoms. The largest absolute Gasteiger partial charge is 0.391 e. The first-order valence-corrected chi connectivity index (χ1v) is 9.97. The van der Waals surface area contributed by atoms with Crippen molar-refractivity contribution in [2.45, 2.75) is 52.7 Å². The minimum atomic E-state index is -0.0985. The zero-order valence-electron chi connectivity index (χ0n) is 16.7. The lowest BCUT2D eigenvalue weighted by molar-refractivity contribution is 0.128. The molecular formula is C22H28Cl2N2O. The van der Waals surface area contributed by atoms with Crippen molar-refractivity contribution >= 4 is 28.9 Å². The third-order valence-electron chi connectivity index (χ3n) is 5.00. The van der Waals surface area contributed by atoms with Gasteiger partial charge in [0.2, 0.25) is 0 Å². The summed E-state index contributed by atoms with van der Waals surface area (Å²) in [5.74, 6) is 0. The van der Waals surface area contributed by atoms with Crippen LogP contribution in [0.3, 0.4) is 0 Å². The summed E-state index contributed by atoms with van der Waals surface area (Å²) < 4.78 is 0. The fourth-order valence-corrected chi connectivity index (χ4v) is 3.84. The van der Waals surface area contributed by atoms with Crippen LogP contribution in [0.15, 0.2) is 41.6 Å². The Bertz CT molecular complexity index is 800. The van der Waals surface area contributed by atoms with Gasteiger partial charge in [0.05, 0.1) is 5.71 Å². The number of benzene rings is 2. The molecule has 2 rings (SSSR count). The molecule has 0 fully saturated rings. The second-order valence-electron chi connectivity index (χ2n) is 7.04. The van der Waals surface area contributed by atoms with Crippen LogP contribution in [0.2, 0.25) is 10.0 Å². The normalized spacial score (nSPS) is 14.1. The Balaban J connectivity index is 2.25. The minimum absolute atomic E-state index is 0.0985. The van der Waals surface area contributed by atoms with E-state index in [0.717, 1.165) is 24.1 Å². The zero-order valence-corrected chi connectivity index (χ0v) is 18.2. The minimum Gasteiger partial charge on any atom is -0.391 e. The average Bonchev–Trinajstić information content (AvgIpc) is 2.62. The van der Waals surface area contributed by atoms with Crippen molar-refractivity contribution in [1.82, 2.24) is 5.32 Å². The summed E-state index contributed by atoms with van der Waals surface area (Å²) >= 11 is 12.1. The van der Waals surface area contributed by atoms with Crippen molar-refractivity contribution in [3.05, 3.63) is 68.7 Å². The third-order valence-corrected chi connectivity index (χ3v) is 5.43. The number of aryl methyl sites for hydroxylation is 1. The van der Waals surface area contributed by atoms with Gasteiger partial charge >= 0.3 is 0 Å². The van der Waals surface area contributed by atoms with Gasteiger partial charge < -0.3 is 10.2 Å². The maximum atomic E-state index is 6.07. The van der Waals surface area contributed by atoms with Crippen molar-refractivity contribution in [3.8, 4) is 0 Å². The van der Waals surface area contributed by atoms with E-state index in [1.807, 2.05) is 26.1 Å². The quantitative estimate of drug-likeness (QED) is 0.402. The highest BCUT2D eigenvalue weighted by Gasteiger charge is 2.26. The standard InChI is InChI=1S/C22H28Cl2N2O/c1-6-10-22(4,25-5)21-9-7-8-15(2)20(21)14-27-26-16(3)17-11-18(23)13-19(24)12-17/h7-9,11-13,25H,6,10,14H2,1-5H3/b26-16+. The average molecular weight is 407 g/mol. The van der Waals surface area contributed by atoms with Crippen molar-refractivity contribution in [3.63, 3.8) is 0 Å². The fraction of sp³-hybridized carbons (Fsp3) is 0.409. The summed E-state index contributed by atoms with van der Waals surface area (Å²) in [6, 6.07) is 11.7. The van der Waals surface area contributed by atoms with E-state index in [2.05, 4.69) is 49.4 Å². The first-order valence-electron chi connectivity index (χ1n) is 9.21. The third kappa shape index (κ3) is 5.47. The molecule has 2 aromatic rings.